The highest BCUT2D eigenvalue weighted by Gasteiger charge is 2.41. The van der Waals surface area contributed by atoms with Crippen molar-refractivity contribution in [3.8, 4) is 5.75 Å². The number of phenolic OH excluding ortho intramolecular Hbond substituents is 1. The molecule has 0 aliphatic carbocycles. The SMILES string of the molecule is CC[C@H](C)[C@H](N)C(=O)N[C@@H](Cc1ccc(O)cc1)C(=O)N1CCC[C@H]1C(=O)N[C@@H](CC(C)C)C(=O)NCC(=O)N[C@@H](CS)C(=O)N[C@H](C(=O)N[C@H](C(=O)N[C@@H](CC(C)C)C(=O)N[C@H](C(=O)O)[C@@H](C)CC)C(C)C)[C@@H](C)O. The fraction of sp³-hybridized carbons (Fsp3) is 0.692. The number of hydrogen-bond donors (Lipinski definition) is 13. The number of carbonyl (C=O) groups excluding carboxylic acids is 9. The lowest BCUT2D eigenvalue weighted by molar-refractivity contribution is -0.144. The van der Waals surface area contributed by atoms with Crippen molar-refractivity contribution in [3.63, 3.8) is 0 Å². The number of carboxylic acid groups (broad SMARTS) is 1. The molecule has 1 saturated heterocycles. The predicted molar refractivity (Wildman–Crippen MR) is 287 cm³/mol. The van der Waals surface area contributed by atoms with Crippen LogP contribution in [-0.4, -0.2) is 159 Å². The number of phenols is 1. The minimum Gasteiger partial charge on any atom is -0.508 e. The molecule has 12 atom stereocenters. The fourth-order valence-corrected chi connectivity index (χ4v) is 8.65. The van der Waals surface area contributed by atoms with Gasteiger partial charge in [0.1, 0.15) is 54.1 Å². The van der Waals surface area contributed by atoms with Crippen LogP contribution in [0.15, 0.2) is 24.3 Å². The van der Waals surface area contributed by atoms with Crippen LogP contribution >= 0.6 is 12.6 Å². The number of rotatable bonds is 31. The van der Waals surface area contributed by atoms with E-state index in [1.165, 1.54) is 24.0 Å². The van der Waals surface area contributed by atoms with Crippen LogP contribution in [-0.2, 0) is 54.4 Å². The Balaban J connectivity index is 2.17. The molecule has 9 amide bonds. The summed E-state index contributed by atoms with van der Waals surface area (Å²) in [6, 6.07) is -4.79. The average molecular weight is 1090 g/mol. The first-order chi connectivity index (χ1) is 35.6. The Hall–Kier alpha value is -6.01. The maximum atomic E-state index is 14.2. The zero-order chi connectivity index (χ0) is 57.7. The quantitative estimate of drug-likeness (QED) is 0.0436. The van der Waals surface area contributed by atoms with Crippen molar-refractivity contribution in [1.82, 2.24) is 47.4 Å². The average Bonchev–Trinajstić information content (AvgIpc) is 3.86. The number of benzene rings is 1. The Morgan fingerprint density at radius 2 is 1.16 bits per heavy atom. The third-order valence-corrected chi connectivity index (χ3v) is 13.8. The first kappa shape index (κ1) is 66.1. The van der Waals surface area contributed by atoms with Gasteiger partial charge in [0.15, 0.2) is 0 Å². The lowest BCUT2D eigenvalue weighted by atomic mass is 9.97. The third kappa shape index (κ3) is 20.8. The van der Waals surface area contributed by atoms with Crippen molar-refractivity contribution < 1.29 is 63.3 Å². The van der Waals surface area contributed by atoms with Gasteiger partial charge < -0.3 is 68.5 Å². The number of carboxylic acids is 1. The number of nitrogens with two attached hydrogens (primary N) is 1. The Bertz CT molecular complexity index is 2150. The molecule has 428 valence electrons. The standard InChI is InChI=1S/C52H86N10O13S/c1-12-29(9)40(53)48(70)58-36(23-32-16-18-33(64)19-17-32)51(73)62-20-14-15-38(62)47(69)56-34(21-26(3)4)44(66)54-24-39(65)55-37(25-76)46(68)61-43(31(11)63)50(72)59-41(28(7)8)49(71)57-35(22-27(5)6)45(67)60-42(52(74)75)30(10)13-2/h16-19,26-31,34-38,40-43,63-64,76H,12-15,20-25,53H2,1-11H3,(H,54,66)(H,55,65)(H,56,69)(H,57,71)(H,58,70)(H,59,72)(H,60,67)(H,61,68)(H,74,75)/t29-,30-,31+,34-,35-,36-,37-,38-,40-,41-,42-,43-/m0/s1. The molecule has 1 aromatic carbocycles. The molecule has 13 N–H and O–H groups in total. The van der Waals surface area contributed by atoms with E-state index in [1.54, 1.807) is 39.8 Å². The van der Waals surface area contributed by atoms with Crippen LogP contribution in [0.4, 0.5) is 0 Å². The van der Waals surface area contributed by atoms with Crippen molar-refractivity contribution in [2.24, 2.45) is 35.3 Å². The summed E-state index contributed by atoms with van der Waals surface area (Å²) in [6.07, 6.45) is 0.573. The molecule has 0 bridgehead atoms. The van der Waals surface area contributed by atoms with Gasteiger partial charge in [0, 0.05) is 18.7 Å². The summed E-state index contributed by atoms with van der Waals surface area (Å²) in [5.41, 5.74) is 6.85. The van der Waals surface area contributed by atoms with Crippen LogP contribution in [0.25, 0.3) is 0 Å². The van der Waals surface area contributed by atoms with Crippen LogP contribution in [0.1, 0.15) is 120 Å². The maximum absolute atomic E-state index is 14.2. The molecule has 24 heteroatoms. The Morgan fingerprint density at radius 3 is 1.67 bits per heavy atom. The van der Waals surface area contributed by atoms with Crippen LogP contribution < -0.4 is 48.3 Å². The minimum atomic E-state index is -1.66. The summed E-state index contributed by atoms with van der Waals surface area (Å²) in [5, 5.41) is 50.7. The van der Waals surface area contributed by atoms with Gasteiger partial charge in [0.2, 0.25) is 53.2 Å². The van der Waals surface area contributed by atoms with Crippen LogP contribution in [0.2, 0.25) is 0 Å². The van der Waals surface area contributed by atoms with Gasteiger partial charge >= 0.3 is 5.97 Å². The molecule has 0 radical (unpaired) electrons. The molecule has 76 heavy (non-hydrogen) atoms. The fourth-order valence-electron chi connectivity index (χ4n) is 8.39. The van der Waals surface area contributed by atoms with E-state index in [0.29, 0.717) is 24.8 Å². The highest BCUT2D eigenvalue weighted by molar-refractivity contribution is 7.80. The summed E-state index contributed by atoms with van der Waals surface area (Å²) in [5.74, 6) is -9.67. The predicted octanol–water partition coefficient (Wildman–Crippen LogP) is -0.00160. The normalized spacial score (nSPS) is 17.8. The molecule has 1 aliphatic rings. The van der Waals surface area contributed by atoms with Gasteiger partial charge in [-0.3, -0.25) is 43.2 Å². The van der Waals surface area contributed by atoms with Gasteiger partial charge in [-0.25, -0.2) is 4.79 Å². The lowest BCUT2D eigenvalue weighted by Crippen LogP contribution is -2.62. The molecular weight excluding hydrogens is 1000 g/mol. The van der Waals surface area contributed by atoms with E-state index in [4.69, 9.17) is 5.73 Å². The second kappa shape index (κ2) is 31.9. The van der Waals surface area contributed by atoms with Gasteiger partial charge in [-0.05, 0) is 79.9 Å². The molecule has 23 nitrogen and oxygen atoms in total. The molecule has 1 heterocycles. The molecule has 0 unspecified atom stereocenters. The van der Waals surface area contributed by atoms with Gasteiger partial charge in [-0.2, -0.15) is 12.6 Å². The maximum Gasteiger partial charge on any atom is 0.326 e. The molecule has 0 saturated carbocycles. The summed E-state index contributed by atoms with van der Waals surface area (Å²) < 4.78 is 0. The van der Waals surface area contributed by atoms with E-state index in [-0.39, 0.29) is 61.5 Å². The highest BCUT2D eigenvalue weighted by atomic mass is 32.1. The van der Waals surface area contributed by atoms with E-state index in [1.807, 2.05) is 41.5 Å². The highest BCUT2D eigenvalue weighted by Crippen LogP contribution is 2.22. The summed E-state index contributed by atoms with van der Waals surface area (Å²) >= 11 is 4.19. The van der Waals surface area contributed by atoms with Crippen molar-refractivity contribution in [2.75, 3.05) is 18.8 Å². The van der Waals surface area contributed by atoms with E-state index in [0.717, 1.165) is 0 Å². The largest absolute Gasteiger partial charge is 0.508 e. The summed E-state index contributed by atoms with van der Waals surface area (Å²) in [6.45, 7) is 18.4. The molecule has 1 fully saturated rings. The molecular formula is C52H86N10O13S. The van der Waals surface area contributed by atoms with Crippen molar-refractivity contribution in [3.05, 3.63) is 29.8 Å². The van der Waals surface area contributed by atoms with Gasteiger partial charge in [0.25, 0.3) is 0 Å². The second-order valence-electron chi connectivity index (χ2n) is 21.1. The number of amides is 9. The van der Waals surface area contributed by atoms with E-state index in [2.05, 4.69) is 55.2 Å². The van der Waals surface area contributed by atoms with E-state index >= 15 is 0 Å². The Morgan fingerprint density at radius 1 is 0.645 bits per heavy atom. The van der Waals surface area contributed by atoms with E-state index in [9.17, 15) is 63.3 Å². The van der Waals surface area contributed by atoms with Crippen LogP contribution in [0.3, 0.4) is 0 Å². The second-order valence-corrected chi connectivity index (χ2v) is 21.5. The molecule has 1 aromatic rings. The Kier molecular flexibility index (Phi) is 27.7. The van der Waals surface area contributed by atoms with Crippen molar-refractivity contribution >= 4 is 71.8 Å². The zero-order valence-electron chi connectivity index (χ0n) is 45.9. The van der Waals surface area contributed by atoms with Crippen LogP contribution in [0.5, 0.6) is 5.75 Å². The number of likely N-dealkylation sites (tertiary alicyclic amines) is 1. The van der Waals surface area contributed by atoms with E-state index < -0.39 is 138 Å². The third-order valence-electron chi connectivity index (χ3n) is 13.4. The first-order valence-electron chi connectivity index (χ1n) is 26.3. The summed E-state index contributed by atoms with van der Waals surface area (Å²) in [4.78, 5) is 136. The van der Waals surface area contributed by atoms with Crippen molar-refractivity contribution in [2.45, 2.75) is 182 Å². The van der Waals surface area contributed by atoms with Crippen LogP contribution in [0, 0.1) is 29.6 Å². The molecule has 2 rings (SSSR count). The number of aliphatic hydroxyl groups excluding tert-OH is 1. The summed E-state index contributed by atoms with van der Waals surface area (Å²) in [7, 11) is 0. The molecule has 0 aromatic heterocycles. The van der Waals surface area contributed by atoms with Crippen molar-refractivity contribution in [1.29, 1.82) is 0 Å². The number of aromatic hydroxyl groups is 1. The Labute approximate surface area is 452 Å². The number of carbonyl (C=O) groups is 10. The first-order valence-corrected chi connectivity index (χ1v) is 26.9. The number of thiol groups is 1. The molecule has 1 aliphatic heterocycles. The topological polar surface area (TPSA) is 357 Å². The lowest BCUT2D eigenvalue weighted by Gasteiger charge is -2.31. The number of aliphatic carboxylic acids is 1. The molecule has 0 spiro atoms. The number of nitrogens with zero attached hydrogens (tertiary/aromatic N) is 1. The number of hydrogen-bond acceptors (Lipinski definition) is 14. The number of aliphatic hydroxyl groups is 1. The minimum absolute atomic E-state index is 0.0140. The van der Waals surface area contributed by atoms with Gasteiger partial charge in [0.05, 0.1) is 18.7 Å². The van der Waals surface area contributed by atoms with Gasteiger partial charge in [-0.15, -0.1) is 0 Å². The number of nitrogens with one attached hydrogen (secondary N) is 8. The smallest absolute Gasteiger partial charge is 0.326 e. The monoisotopic (exact) mass is 1090 g/mol. The zero-order valence-corrected chi connectivity index (χ0v) is 46.8. The van der Waals surface area contributed by atoms with Gasteiger partial charge in [-0.1, -0.05) is 94.2 Å².